The summed E-state index contributed by atoms with van der Waals surface area (Å²) in [4.78, 5) is 14.3. The van der Waals surface area contributed by atoms with E-state index in [2.05, 4.69) is 4.74 Å². The molecular formula is C19H23ClF3NO4. The Hall–Kier alpha value is -1.83. The fourth-order valence-electron chi connectivity index (χ4n) is 3.83. The van der Waals surface area contributed by atoms with Crippen LogP contribution >= 0.6 is 11.6 Å². The average molecular weight is 422 g/mol. The topological polar surface area (TPSA) is 48.0 Å². The van der Waals surface area contributed by atoms with Gasteiger partial charge in [0.2, 0.25) is 0 Å². The smallest absolute Gasteiger partial charge is 0.490 e. The second-order valence-corrected chi connectivity index (χ2v) is 8.59. The number of carbonyl (C=O) groups excluding carboxylic acids is 1. The standard InChI is InChI=1S/C19H23ClF3NO4/c1-18(2,3)28-17(25)24-12-4-5-13(24)9-15(8-12)26-14-6-11(20)7-16(10-14)27-19(21,22)23/h6-7,10,12-13,15H,4-5,8-9H2,1-3H3/t12-,13?,15+/m1/s1. The number of carbonyl (C=O) groups is 1. The van der Waals surface area contributed by atoms with E-state index in [1.807, 2.05) is 20.8 Å². The summed E-state index contributed by atoms with van der Waals surface area (Å²) in [6, 6.07) is 3.68. The lowest BCUT2D eigenvalue weighted by Gasteiger charge is -2.39. The molecular weight excluding hydrogens is 399 g/mol. The number of benzene rings is 1. The molecule has 5 nitrogen and oxygen atoms in total. The second-order valence-electron chi connectivity index (χ2n) is 8.15. The molecule has 3 atom stereocenters. The first-order valence-electron chi connectivity index (χ1n) is 9.14. The molecule has 156 valence electrons. The van der Waals surface area contributed by atoms with Crippen LogP contribution in [0.4, 0.5) is 18.0 Å². The summed E-state index contributed by atoms with van der Waals surface area (Å²) in [6.07, 6.45) is -2.51. The van der Waals surface area contributed by atoms with E-state index in [0.29, 0.717) is 12.8 Å². The van der Waals surface area contributed by atoms with Crippen molar-refractivity contribution in [2.75, 3.05) is 0 Å². The van der Waals surface area contributed by atoms with Gasteiger partial charge in [-0.1, -0.05) is 11.6 Å². The first-order valence-corrected chi connectivity index (χ1v) is 9.52. The molecule has 1 amide bonds. The highest BCUT2D eigenvalue weighted by atomic mass is 35.5. The Morgan fingerprint density at radius 2 is 1.64 bits per heavy atom. The van der Waals surface area contributed by atoms with Crippen LogP contribution in [0.3, 0.4) is 0 Å². The van der Waals surface area contributed by atoms with Gasteiger partial charge in [0.25, 0.3) is 0 Å². The molecule has 2 fully saturated rings. The van der Waals surface area contributed by atoms with Crippen LogP contribution in [0.1, 0.15) is 46.5 Å². The van der Waals surface area contributed by atoms with E-state index in [0.717, 1.165) is 18.9 Å². The lowest BCUT2D eigenvalue weighted by molar-refractivity contribution is -0.274. The molecule has 1 aromatic rings. The van der Waals surface area contributed by atoms with E-state index in [1.165, 1.54) is 12.1 Å². The Kier molecular flexibility index (Phi) is 5.62. The predicted molar refractivity (Wildman–Crippen MR) is 96.7 cm³/mol. The van der Waals surface area contributed by atoms with Crippen molar-refractivity contribution in [1.29, 1.82) is 0 Å². The minimum absolute atomic E-state index is 0.0105. The van der Waals surface area contributed by atoms with Gasteiger partial charge >= 0.3 is 12.5 Å². The Morgan fingerprint density at radius 1 is 1.07 bits per heavy atom. The molecule has 2 bridgehead atoms. The lowest BCUT2D eigenvalue weighted by Crippen LogP contribution is -2.50. The van der Waals surface area contributed by atoms with Crippen molar-refractivity contribution < 1.29 is 32.2 Å². The van der Waals surface area contributed by atoms with E-state index >= 15 is 0 Å². The van der Waals surface area contributed by atoms with Crippen LogP contribution in [0, 0.1) is 0 Å². The molecule has 0 aromatic heterocycles. The zero-order chi connectivity index (χ0) is 20.7. The summed E-state index contributed by atoms with van der Waals surface area (Å²) in [7, 11) is 0. The highest BCUT2D eigenvalue weighted by Gasteiger charge is 2.45. The number of hydrogen-bond donors (Lipinski definition) is 0. The van der Waals surface area contributed by atoms with E-state index in [-0.39, 0.29) is 35.1 Å². The van der Waals surface area contributed by atoms with Gasteiger partial charge in [0.1, 0.15) is 23.2 Å². The second kappa shape index (κ2) is 7.54. The highest BCUT2D eigenvalue weighted by molar-refractivity contribution is 6.30. The molecule has 2 saturated heterocycles. The van der Waals surface area contributed by atoms with E-state index in [9.17, 15) is 18.0 Å². The molecule has 9 heteroatoms. The van der Waals surface area contributed by atoms with Crippen LogP contribution < -0.4 is 9.47 Å². The molecule has 0 spiro atoms. The molecule has 1 unspecified atom stereocenters. The molecule has 0 aliphatic carbocycles. The van der Waals surface area contributed by atoms with Gasteiger partial charge in [-0.3, -0.25) is 0 Å². The average Bonchev–Trinajstić information content (AvgIpc) is 2.75. The molecule has 0 N–H and O–H groups in total. The molecule has 2 aliphatic rings. The number of alkyl halides is 3. The van der Waals surface area contributed by atoms with Crippen LogP contribution in [0.5, 0.6) is 11.5 Å². The highest BCUT2D eigenvalue weighted by Crippen LogP contribution is 2.39. The minimum Gasteiger partial charge on any atom is -0.490 e. The number of amides is 1. The van der Waals surface area contributed by atoms with Gasteiger partial charge in [-0.2, -0.15) is 0 Å². The van der Waals surface area contributed by atoms with Crippen molar-refractivity contribution >= 4 is 17.7 Å². The number of fused-ring (bicyclic) bond motifs is 2. The maximum Gasteiger partial charge on any atom is 0.573 e. The zero-order valence-corrected chi connectivity index (χ0v) is 16.6. The van der Waals surface area contributed by atoms with Gasteiger partial charge in [-0.05, 0) is 45.7 Å². The first kappa shape index (κ1) is 20.9. The van der Waals surface area contributed by atoms with Crippen LogP contribution in [0.25, 0.3) is 0 Å². The van der Waals surface area contributed by atoms with Crippen molar-refractivity contribution in [3.8, 4) is 11.5 Å². The summed E-state index contributed by atoms with van der Waals surface area (Å²) < 4.78 is 52.7. The Balaban J connectivity index is 1.66. The summed E-state index contributed by atoms with van der Waals surface area (Å²) in [6.45, 7) is 5.47. The van der Waals surface area contributed by atoms with Crippen LogP contribution in [0.2, 0.25) is 5.02 Å². The normalized spacial score (nSPS) is 24.8. The van der Waals surface area contributed by atoms with Gasteiger partial charge in [-0.15, -0.1) is 13.2 Å². The third kappa shape index (κ3) is 5.37. The van der Waals surface area contributed by atoms with Crippen molar-refractivity contribution in [3.05, 3.63) is 23.2 Å². The quantitative estimate of drug-likeness (QED) is 0.642. The van der Waals surface area contributed by atoms with Crippen molar-refractivity contribution in [1.82, 2.24) is 4.90 Å². The monoisotopic (exact) mass is 421 g/mol. The molecule has 1 aromatic carbocycles. The molecule has 3 rings (SSSR count). The zero-order valence-electron chi connectivity index (χ0n) is 15.9. The van der Waals surface area contributed by atoms with E-state index in [1.54, 1.807) is 4.90 Å². The van der Waals surface area contributed by atoms with Gasteiger partial charge in [0.15, 0.2) is 0 Å². The van der Waals surface area contributed by atoms with Gasteiger partial charge < -0.3 is 19.1 Å². The lowest BCUT2D eigenvalue weighted by atomic mass is 10.00. The number of rotatable bonds is 3. The van der Waals surface area contributed by atoms with Crippen LogP contribution in [0.15, 0.2) is 18.2 Å². The van der Waals surface area contributed by atoms with Crippen LogP contribution in [-0.2, 0) is 4.74 Å². The fourth-order valence-corrected chi connectivity index (χ4v) is 4.04. The number of ether oxygens (including phenoxy) is 3. The number of halogens is 4. The molecule has 2 aliphatic heterocycles. The Bertz CT molecular complexity index is 721. The first-order chi connectivity index (χ1) is 12.9. The van der Waals surface area contributed by atoms with Gasteiger partial charge in [0.05, 0.1) is 0 Å². The van der Waals surface area contributed by atoms with Crippen molar-refractivity contribution in [3.63, 3.8) is 0 Å². The molecule has 0 saturated carbocycles. The number of piperidine rings is 1. The SMILES string of the molecule is CC(C)(C)OC(=O)N1C2CC[C@@H]1C[C@H](Oc1cc(Cl)cc(OC(F)(F)F)c1)C2. The minimum atomic E-state index is -4.81. The maximum atomic E-state index is 12.5. The number of hydrogen-bond acceptors (Lipinski definition) is 4. The summed E-state index contributed by atoms with van der Waals surface area (Å²) in [5.41, 5.74) is -0.570. The van der Waals surface area contributed by atoms with Crippen molar-refractivity contribution in [2.24, 2.45) is 0 Å². The third-order valence-electron chi connectivity index (χ3n) is 4.68. The maximum absolute atomic E-state index is 12.5. The largest absolute Gasteiger partial charge is 0.573 e. The van der Waals surface area contributed by atoms with Gasteiger partial charge in [-0.25, -0.2) is 4.79 Å². The van der Waals surface area contributed by atoms with E-state index < -0.39 is 17.7 Å². The molecule has 0 radical (unpaired) electrons. The molecule has 28 heavy (non-hydrogen) atoms. The summed E-state index contributed by atoms with van der Waals surface area (Å²) >= 11 is 5.90. The summed E-state index contributed by atoms with van der Waals surface area (Å²) in [5.74, 6) is -0.217. The summed E-state index contributed by atoms with van der Waals surface area (Å²) in [5, 5.41) is 0.0888. The Morgan fingerprint density at radius 3 is 2.18 bits per heavy atom. The van der Waals surface area contributed by atoms with Gasteiger partial charge in [0, 0.05) is 36.0 Å². The van der Waals surface area contributed by atoms with Crippen molar-refractivity contribution in [2.45, 2.75) is 76.6 Å². The number of nitrogens with zero attached hydrogens (tertiary/aromatic N) is 1. The fraction of sp³-hybridized carbons (Fsp3) is 0.632. The predicted octanol–water partition coefficient (Wildman–Crippen LogP) is 5.55. The third-order valence-corrected chi connectivity index (χ3v) is 4.89. The molecule has 2 heterocycles. The van der Waals surface area contributed by atoms with E-state index in [4.69, 9.17) is 21.1 Å². The Labute approximate surface area is 166 Å². The van der Waals surface area contributed by atoms with Crippen LogP contribution in [-0.4, -0.2) is 41.1 Å².